The summed E-state index contributed by atoms with van der Waals surface area (Å²) in [5.41, 5.74) is -2.03. The third-order valence-electron chi connectivity index (χ3n) is 4.30. The van der Waals surface area contributed by atoms with Gasteiger partial charge in [-0.15, -0.1) is 0 Å². The fourth-order valence-corrected chi connectivity index (χ4v) is 5.86. The van der Waals surface area contributed by atoms with E-state index >= 15 is 0 Å². The first kappa shape index (κ1) is 18.0. The number of amides is 1. The Bertz CT molecular complexity index is 572. The van der Waals surface area contributed by atoms with E-state index < -0.39 is 43.5 Å². The van der Waals surface area contributed by atoms with Gasteiger partial charge in [0.05, 0.1) is 17.1 Å². The number of alkyl carbamates (subject to hydrolysis) is 1. The number of esters is 1. The largest absolute Gasteiger partial charge is 0.464 e. The summed E-state index contributed by atoms with van der Waals surface area (Å²) in [6, 6.07) is 0. The van der Waals surface area contributed by atoms with Gasteiger partial charge in [-0.2, -0.15) is 0 Å². The summed E-state index contributed by atoms with van der Waals surface area (Å²) in [5.74, 6) is -0.586. The number of fused-ring (bicyclic) bond motifs is 2. The van der Waals surface area contributed by atoms with Gasteiger partial charge in [0.2, 0.25) is 0 Å². The first-order valence-corrected chi connectivity index (χ1v) is 9.52. The van der Waals surface area contributed by atoms with Gasteiger partial charge in [-0.05, 0) is 53.4 Å². The molecule has 0 aromatic rings. The number of rotatable bonds is 3. The first-order chi connectivity index (χ1) is 10.5. The van der Waals surface area contributed by atoms with E-state index in [2.05, 4.69) is 5.32 Å². The second kappa shape index (κ2) is 5.96. The molecule has 0 spiro atoms. The van der Waals surface area contributed by atoms with Gasteiger partial charge >= 0.3 is 12.1 Å². The van der Waals surface area contributed by atoms with E-state index in [1.165, 1.54) is 0 Å². The van der Waals surface area contributed by atoms with Crippen molar-refractivity contribution in [2.24, 2.45) is 0 Å². The van der Waals surface area contributed by atoms with Crippen LogP contribution in [0.4, 0.5) is 4.79 Å². The minimum Gasteiger partial charge on any atom is -0.464 e. The van der Waals surface area contributed by atoms with Crippen LogP contribution in [0, 0.1) is 0 Å². The molecular formula is C15H25NO6S. The van der Waals surface area contributed by atoms with Crippen LogP contribution in [-0.2, 0) is 24.1 Å². The molecule has 2 fully saturated rings. The Hall–Kier alpha value is -1.31. The summed E-state index contributed by atoms with van der Waals surface area (Å²) in [5, 5.41) is 1.39. The fraction of sp³-hybridized carbons (Fsp3) is 0.867. The van der Waals surface area contributed by atoms with E-state index in [1.807, 2.05) is 0 Å². The smallest absolute Gasteiger partial charge is 0.408 e. The van der Waals surface area contributed by atoms with Crippen LogP contribution in [0.2, 0.25) is 0 Å². The van der Waals surface area contributed by atoms with Crippen molar-refractivity contribution in [2.75, 3.05) is 6.61 Å². The van der Waals surface area contributed by atoms with Crippen molar-refractivity contribution in [1.82, 2.24) is 5.32 Å². The average molecular weight is 347 g/mol. The summed E-state index contributed by atoms with van der Waals surface area (Å²) in [4.78, 5) is 24.6. The Balaban J connectivity index is 2.25. The third kappa shape index (κ3) is 3.62. The molecule has 2 heterocycles. The van der Waals surface area contributed by atoms with E-state index in [9.17, 15) is 18.0 Å². The molecule has 2 atom stereocenters. The summed E-state index contributed by atoms with van der Waals surface area (Å²) in [7, 11) is -3.22. The molecule has 0 saturated carbocycles. The van der Waals surface area contributed by atoms with Crippen LogP contribution >= 0.6 is 0 Å². The van der Waals surface area contributed by atoms with Crippen molar-refractivity contribution in [3.8, 4) is 0 Å². The summed E-state index contributed by atoms with van der Waals surface area (Å²) in [6.07, 6.45) is 0.395. The lowest BCUT2D eigenvalue weighted by Crippen LogP contribution is -2.61. The molecule has 7 nitrogen and oxygen atoms in total. The predicted molar refractivity (Wildman–Crippen MR) is 83.7 cm³/mol. The Morgan fingerprint density at radius 2 is 1.70 bits per heavy atom. The van der Waals surface area contributed by atoms with Gasteiger partial charge in [0.25, 0.3) is 0 Å². The summed E-state index contributed by atoms with van der Waals surface area (Å²) in [6.45, 7) is 7.00. The Kier molecular flexibility index (Phi) is 4.67. The van der Waals surface area contributed by atoms with E-state index in [-0.39, 0.29) is 19.4 Å². The molecular weight excluding hydrogens is 322 g/mol. The van der Waals surface area contributed by atoms with Crippen molar-refractivity contribution in [3.63, 3.8) is 0 Å². The Morgan fingerprint density at radius 1 is 1.17 bits per heavy atom. The van der Waals surface area contributed by atoms with E-state index in [1.54, 1.807) is 27.7 Å². The Morgan fingerprint density at radius 3 is 2.13 bits per heavy atom. The van der Waals surface area contributed by atoms with Crippen LogP contribution in [0.15, 0.2) is 0 Å². The van der Waals surface area contributed by atoms with E-state index in [0.29, 0.717) is 12.8 Å². The lowest BCUT2D eigenvalue weighted by atomic mass is 9.89. The first-order valence-electron chi connectivity index (χ1n) is 7.91. The normalized spacial score (nSPS) is 32.2. The van der Waals surface area contributed by atoms with Crippen LogP contribution in [0.3, 0.4) is 0 Å². The van der Waals surface area contributed by atoms with Crippen LogP contribution in [0.5, 0.6) is 0 Å². The van der Waals surface area contributed by atoms with Crippen LogP contribution in [0.1, 0.15) is 53.4 Å². The van der Waals surface area contributed by atoms with Crippen molar-refractivity contribution >= 4 is 21.9 Å². The second-order valence-electron chi connectivity index (χ2n) is 7.25. The predicted octanol–water partition coefficient (Wildman–Crippen LogP) is 1.55. The van der Waals surface area contributed by atoms with Gasteiger partial charge in [-0.25, -0.2) is 18.0 Å². The SMILES string of the molecule is CCOC(=O)C1(NC(=O)OC(C)(C)C)CC2CCC(C1)S2(=O)=O. The highest BCUT2D eigenvalue weighted by atomic mass is 32.2. The third-order valence-corrected chi connectivity index (χ3v) is 6.96. The molecule has 2 aliphatic rings. The van der Waals surface area contributed by atoms with Crippen molar-refractivity contribution < 1.29 is 27.5 Å². The molecule has 2 rings (SSSR count). The number of sulfone groups is 1. The standard InChI is InChI=1S/C15H25NO6S/c1-5-21-12(17)15(16-13(18)22-14(2,3)4)8-10-6-7-11(9-15)23(10,19)20/h10-11H,5-9H2,1-4H3,(H,16,18). The molecule has 0 aromatic carbocycles. The molecule has 2 aliphatic heterocycles. The minimum atomic E-state index is -3.22. The lowest BCUT2D eigenvalue weighted by Gasteiger charge is -2.38. The zero-order valence-electron chi connectivity index (χ0n) is 14.0. The molecule has 1 N–H and O–H groups in total. The zero-order chi connectivity index (χ0) is 17.5. The number of hydrogen-bond donors (Lipinski definition) is 1. The molecule has 2 saturated heterocycles. The fourth-order valence-electron chi connectivity index (χ4n) is 3.36. The highest BCUT2D eigenvalue weighted by Crippen LogP contribution is 2.43. The summed E-state index contributed by atoms with van der Waals surface area (Å²) >= 11 is 0. The van der Waals surface area contributed by atoms with Gasteiger partial charge in [-0.3, -0.25) is 0 Å². The molecule has 2 bridgehead atoms. The van der Waals surface area contributed by atoms with Gasteiger partial charge < -0.3 is 14.8 Å². The number of ether oxygens (including phenoxy) is 2. The number of nitrogens with one attached hydrogen (secondary N) is 1. The quantitative estimate of drug-likeness (QED) is 0.778. The van der Waals surface area contributed by atoms with E-state index in [0.717, 1.165) is 0 Å². The topological polar surface area (TPSA) is 98.8 Å². The van der Waals surface area contributed by atoms with Gasteiger partial charge in [0.1, 0.15) is 11.1 Å². The highest BCUT2D eigenvalue weighted by Gasteiger charge is 2.58. The number of hydrogen-bond acceptors (Lipinski definition) is 6. The van der Waals surface area contributed by atoms with E-state index in [4.69, 9.17) is 9.47 Å². The van der Waals surface area contributed by atoms with Crippen LogP contribution < -0.4 is 5.32 Å². The molecule has 1 amide bonds. The maximum absolute atomic E-state index is 12.5. The number of carbonyl (C=O) groups is 2. The monoisotopic (exact) mass is 347 g/mol. The maximum atomic E-state index is 12.5. The van der Waals surface area contributed by atoms with Gasteiger partial charge in [0.15, 0.2) is 9.84 Å². The molecule has 8 heteroatoms. The molecule has 23 heavy (non-hydrogen) atoms. The van der Waals surface area contributed by atoms with Crippen molar-refractivity contribution in [2.45, 2.75) is 75.0 Å². The molecule has 0 aromatic heterocycles. The zero-order valence-corrected chi connectivity index (χ0v) is 14.9. The Labute approximate surface area is 137 Å². The molecule has 132 valence electrons. The highest BCUT2D eigenvalue weighted by molar-refractivity contribution is 7.93. The van der Waals surface area contributed by atoms with Gasteiger partial charge in [-0.1, -0.05) is 0 Å². The van der Waals surface area contributed by atoms with Crippen molar-refractivity contribution in [1.29, 1.82) is 0 Å². The average Bonchev–Trinajstić information content (AvgIpc) is 2.58. The minimum absolute atomic E-state index is 0.0455. The lowest BCUT2D eigenvalue weighted by molar-refractivity contribution is -0.152. The van der Waals surface area contributed by atoms with Crippen molar-refractivity contribution in [3.05, 3.63) is 0 Å². The van der Waals surface area contributed by atoms with Crippen LogP contribution in [-0.4, -0.2) is 48.7 Å². The molecule has 0 radical (unpaired) electrons. The maximum Gasteiger partial charge on any atom is 0.408 e. The summed E-state index contributed by atoms with van der Waals surface area (Å²) < 4.78 is 34.9. The molecule has 0 aliphatic carbocycles. The van der Waals surface area contributed by atoms with Crippen LogP contribution in [0.25, 0.3) is 0 Å². The second-order valence-corrected chi connectivity index (χ2v) is 9.76. The molecule has 2 unspecified atom stereocenters. The number of carbonyl (C=O) groups excluding carboxylic acids is 2. The van der Waals surface area contributed by atoms with Gasteiger partial charge in [0, 0.05) is 0 Å².